The van der Waals surface area contributed by atoms with Crippen molar-refractivity contribution in [1.29, 1.82) is 0 Å². The van der Waals surface area contributed by atoms with Crippen LogP contribution in [0.5, 0.6) is 0 Å². The maximum absolute atomic E-state index is 10.7. The number of rotatable bonds is 5. The molecule has 6 nitrogen and oxygen atoms in total. The Bertz CT molecular complexity index is 128. The van der Waals surface area contributed by atoms with Crippen LogP contribution in [-0.2, 0) is 4.79 Å². The fourth-order valence-electron chi connectivity index (χ4n) is 0.499. The van der Waals surface area contributed by atoms with Crippen LogP contribution in [0.2, 0.25) is 0 Å². The summed E-state index contributed by atoms with van der Waals surface area (Å²) >= 11 is 0. The number of hydroxylamine groups is 1. The van der Waals surface area contributed by atoms with Gasteiger partial charge in [0.15, 0.2) is 5.78 Å². The molecule has 0 unspecified atom stereocenters. The summed E-state index contributed by atoms with van der Waals surface area (Å²) in [4.78, 5) is 10.7. The third-order valence-corrected chi connectivity index (χ3v) is 1.11. The van der Waals surface area contributed by atoms with E-state index < -0.39 is 24.6 Å². The summed E-state index contributed by atoms with van der Waals surface area (Å²) in [6, 6.07) is 0. The monoisotopic (exact) mass is 165 g/mol. The van der Waals surface area contributed by atoms with E-state index in [9.17, 15) is 4.79 Å². The quantitative estimate of drug-likeness (QED) is 0.282. The number of nitrogens with one attached hydrogen (secondary N) is 1. The summed E-state index contributed by atoms with van der Waals surface area (Å²) in [5.41, 5.74) is 1.56. The Morgan fingerprint density at radius 2 is 1.91 bits per heavy atom. The van der Waals surface area contributed by atoms with Crippen LogP contribution in [0, 0.1) is 0 Å². The molecule has 0 bridgehead atoms. The van der Waals surface area contributed by atoms with Crippen LogP contribution in [0.3, 0.4) is 0 Å². The zero-order valence-corrected chi connectivity index (χ0v) is 5.77. The molecule has 0 heterocycles. The van der Waals surface area contributed by atoms with Gasteiger partial charge in [-0.2, -0.15) is 0 Å². The van der Waals surface area contributed by atoms with E-state index in [4.69, 9.17) is 20.5 Å². The normalized spacial score (nSPS) is 16.0. The Labute approximate surface area is 63.0 Å². The van der Waals surface area contributed by atoms with E-state index in [1.165, 1.54) is 0 Å². The van der Waals surface area contributed by atoms with E-state index in [1.54, 1.807) is 5.48 Å². The number of aliphatic hydroxyl groups is 3. The van der Waals surface area contributed by atoms with Crippen molar-refractivity contribution in [3.05, 3.63) is 0 Å². The minimum atomic E-state index is -1.58. The van der Waals surface area contributed by atoms with E-state index in [0.717, 1.165) is 0 Å². The van der Waals surface area contributed by atoms with Gasteiger partial charge in [-0.1, -0.05) is 0 Å². The first-order valence-electron chi connectivity index (χ1n) is 3.01. The van der Waals surface area contributed by atoms with E-state index in [-0.39, 0.29) is 6.54 Å². The zero-order valence-electron chi connectivity index (χ0n) is 5.77. The Morgan fingerprint density at radius 1 is 1.36 bits per heavy atom. The van der Waals surface area contributed by atoms with E-state index >= 15 is 0 Å². The second-order valence-corrected chi connectivity index (χ2v) is 1.98. The van der Waals surface area contributed by atoms with Crippen molar-refractivity contribution in [2.45, 2.75) is 12.2 Å². The summed E-state index contributed by atoms with van der Waals surface area (Å²) in [7, 11) is 0. The number of hydrogen-bond acceptors (Lipinski definition) is 6. The third-order valence-electron chi connectivity index (χ3n) is 1.11. The van der Waals surface area contributed by atoms with Gasteiger partial charge in [0, 0.05) is 0 Å². The van der Waals surface area contributed by atoms with Crippen molar-refractivity contribution in [3.63, 3.8) is 0 Å². The molecule has 0 aliphatic rings. The lowest BCUT2D eigenvalue weighted by atomic mass is 10.1. The summed E-state index contributed by atoms with van der Waals surface area (Å²) in [5, 5.41) is 33.7. The van der Waals surface area contributed by atoms with Crippen molar-refractivity contribution in [1.82, 2.24) is 5.48 Å². The molecule has 0 saturated heterocycles. The van der Waals surface area contributed by atoms with Gasteiger partial charge in [0.2, 0.25) is 0 Å². The van der Waals surface area contributed by atoms with Crippen LogP contribution in [0.25, 0.3) is 0 Å². The summed E-state index contributed by atoms with van der Waals surface area (Å²) < 4.78 is 0. The van der Waals surface area contributed by atoms with Crippen molar-refractivity contribution in [2.24, 2.45) is 0 Å². The number of aliphatic hydroxyl groups excluding tert-OH is 3. The molecule has 0 aromatic heterocycles. The van der Waals surface area contributed by atoms with Crippen molar-refractivity contribution in [3.8, 4) is 0 Å². The van der Waals surface area contributed by atoms with Crippen LogP contribution in [0.4, 0.5) is 0 Å². The first kappa shape index (κ1) is 10.5. The largest absolute Gasteiger partial charge is 0.393 e. The number of carbonyl (C=O) groups is 1. The van der Waals surface area contributed by atoms with Crippen LogP contribution in [-0.4, -0.2) is 51.7 Å². The average Bonchev–Trinajstić information content (AvgIpc) is 2.02. The van der Waals surface area contributed by atoms with E-state index in [1.807, 2.05) is 0 Å². The average molecular weight is 165 g/mol. The molecule has 11 heavy (non-hydrogen) atoms. The van der Waals surface area contributed by atoms with Gasteiger partial charge in [-0.3, -0.25) is 4.79 Å². The topological polar surface area (TPSA) is 110 Å². The molecule has 2 atom stereocenters. The van der Waals surface area contributed by atoms with E-state index in [2.05, 4.69) is 0 Å². The minimum Gasteiger partial charge on any atom is -0.393 e. The van der Waals surface area contributed by atoms with Gasteiger partial charge >= 0.3 is 0 Å². The highest BCUT2D eigenvalue weighted by Crippen LogP contribution is 1.90. The molecule has 0 aliphatic heterocycles. The molecule has 0 rings (SSSR count). The molecule has 0 aliphatic carbocycles. The Balaban J connectivity index is 3.81. The van der Waals surface area contributed by atoms with Crippen LogP contribution in [0.1, 0.15) is 0 Å². The Hall–Kier alpha value is -0.530. The Morgan fingerprint density at radius 3 is 2.27 bits per heavy atom. The van der Waals surface area contributed by atoms with Crippen molar-refractivity contribution in [2.75, 3.05) is 13.2 Å². The number of carbonyl (C=O) groups excluding carboxylic acids is 1. The summed E-state index contributed by atoms with van der Waals surface area (Å²) in [6.45, 7) is -1.10. The predicted octanol–water partition coefficient (Wildman–Crippen LogP) is -2.75. The Kier molecular flexibility index (Phi) is 4.92. The molecule has 0 fully saturated rings. The molecule has 0 aromatic rings. The van der Waals surface area contributed by atoms with Gasteiger partial charge < -0.3 is 20.5 Å². The van der Waals surface area contributed by atoms with Crippen molar-refractivity contribution >= 4 is 5.78 Å². The predicted molar refractivity (Wildman–Crippen MR) is 33.9 cm³/mol. The third kappa shape index (κ3) is 3.40. The van der Waals surface area contributed by atoms with Crippen LogP contribution >= 0.6 is 0 Å². The number of hydrogen-bond donors (Lipinski definition) is 5. The van der Waals surface area contributed by atoms with Gasteiger partial charge in [-0.15, -0.1) is 0 Å². The SMILES string of the molecule is O=C([C@H](O)CO)[C@@H](O)CNO. The lowest BCUT2D eigenvalue weighted by molar-refractivity contribution is -0.138. The van der Waals surface area contributed by atoms with E-state index in [0.29, 0.717) is 0 Å². The molecule has 6 heteroatoms. The van der Waals surface area contributed by atoms with Crippen LogP contribution < -0.4 is 5.48 Å². The fourth-order valence-corrected chi connectivity index (χ4v) is 0.499. The van der Waals surface area contributed by atoms with Gasteiger partial charge in [0.25, 0.3) is 0 Å². The lowest BCUT2D eigenvalue weighted by Crippen LogP contribution is -2.40. The second kappa shape index (κ2) is 5.16. The van der Waals surface area contributed by atoms with Crippen LogP contribution in [0.15, 0.2) is 0 Å². The molecular formula is C5H11NO5. The maximum atomic E-state index is 10.7. The highest BCUT2D eigenvalue weighted by molar-refractivity contribution is 5.87. The molecule has 5 N–H and O–H groups in total. The maximum Gasteiger partial charge on any atom is 0.193 e. The number of Topliss-reactive ketones (excluding diaryl/α,β-unsaturated/α-hetero) is 1. The lowest BCUT2D eigenvalue weighted by Gasteiger charge is -2.10. The first-order chi connectivity index (χ1) is 5.13. The second-order valence-electron chi connectivity index (χ2n) is 1.98. The first-order valence-corrected chi connectivity index (χ1v) is 3.01. The summed E-state index contributed by atoms with van der Waals surface area (Å²) in [6.07, 6.45) is -3.08. The fraction of sp³-hybridized carbons (Fsp3) is 0.800. The van der Waals surface area contributed by atoms with Gasteiger partial charge in [-0.05, 0) is 0 Å². The highest BCUT2D eigenvalue weighted by Gasteiger charge is 2.21. The van der Waals surface area contributed by atoms with Gasteiger partial charge in [0.1, 0.15) is 12.2 Å². The smallest absolute Gasteiger partial charge is 0.193 e. The molecule has 0 radical (unpaired) electrons. The molecule has 66 valence electrons. The molecule has 0 amide bonds. The summed E-state index contributed by atoms with van der Waals surface area (Å²) in [5.74, 6) is -0.922. The minimum absolute atomic E-state index is 0.365. The van der Waals surface area contributed by atoms with Gasteiger partial charge in [0.05, 0.1) is 13.2 Å². The number of ketones is 1. The highest BCUT2D eigenvalue weighted by atomic mass is 16.5. The van der Waals surface area contributed by atoms with Crippen molar-refractivity contribution < 1.29 is 25.3 Å². The standard InChI is InChI=1S/C5H11NO5/c7-2-4(9)5(10)3(8)1-6-11/h3-4,6-9,11H,1-2H2/t3-,4+/m0/s1. The molecule has 0 aromatic carbocycles. The zero-order chi connectivity index (χ0) is 8.85. The molecule has 0 saturated carbocycles. The molecule has 0 spiro atoms. The van der Waals surface area contributed by atoms with Gasteiger partial charge in [-0.25, -0.2) is 5.48 Å². The molecular weight excluding hydrogens is 154 g/mol.